The number of hydrogen-bond acceptors (Lipinski definition) is 4. The molecular formula is C39H39N3O2. The summed E-state index contributed by atoms with van der Waals surface area (Å²) in [5.74, 6) is -0.0900. The van der Waals surface area contributed by atoms with Gasteiger partial charge in [0.05, 0.1) is 29.2 Å². The number of Topliss-reactive ketones (excluding diaryl/α,β-unsaturated/α-hetero) is 1. The van der Waals surface area contributed by atoms with E-state index in [1.807, 2.05) is 35.2 Å². The first kappa shape index (κ1) is 28.1. The zero-order valence-corrected chi connectivity index (χ0v) is 26.2. The van der Waals surface area contributed by atoms with E-state index in [9.17, 15) is 4.79 Å². The molecule has 4 aromatic rings. The Balaban J connectivity index is 1.43. The van der Waals surface area contributed by atoms with Crippen LogP contribution in [0.15, 0.2) is 96.2 Å². The lowest BCUT2D eigenvalue weighted by Crippen LogP contribution is -2.48. The summed E-state index contributed by atoms with van der Waals surface area (Å²) in [5, 5.41) is 7.29. The third-order valence-corrected chi connectivity index (χ3v) is 9.56. The lowest BCUT2D eigenvalue weighted by atomic mass is 9.80. The Kier molecular flexibility index (Phi) is 6.54. The van der Waals surface area contributed by atoms with E-state index < -0.39 is 5.54 Å². The van der Waals surface area contributed by atoms with Crippen molar-refractivity contribution in [3.05, 3.63) is 135 Å². The number of carbonyl (C=O) groups excluding carboxylic acids is 2. The molecule has 2 heterocycles. The fraction of sp³-hybridized carbons (Fsp3) is 0.282. The topological polar surface area (TPSA) is 61.4 Å². The minimum atomic E-state index is -1.32. The molecule has 2 N–H and O–H groups in total. The number of allylic oxidation sites excluding steroid dienone is 1. The number of fused-ring (bicyclic) bond motifs is 4. The summed E-state index contributed by atoms with van der Waals surface area (Å²) < 4.78 is 0. The van der Waals surface area contributed by atoms with Gasteiger partial charge in [0.25, 0.3) is 5.91 Å². The second kappa shape index (κ2) is 10.2. The number of ketones is 1. The molecule has 2 aliphatic heterocycles. The molecule has 0 saturated carbocycles. The molecule has 0 radical (unpaired) electrons. The van der Waals surface area contributed by atoms with Crippen LogP contribution in [0, 0.1) is 13.8 Å². The van der Waals surface area contributed by atoms with Crippen molar-refractivity contribution < 1.29 is 9.59 Å². The minimum Gasteiger partial charge on any atom is -0.362 e. The highest BCUT2D eigenvalue weighted by atomic mass is 16.2. The van der Waals surface area contributed by atoms with Crippen molar-refractivity contribution in [3.63, 3.8) is 0 Å². The van der Waals surface area contributed by atoms with E-state index in [4.69, 9.17) is 0 Å². The second-order valence-electron chi connectivity index (χ2n) is 13.6. The molecule has 1 aliphatic carbocycles. The molecule has 44 heavy (non-hydrogen) atoms. The van der Waals surface area contributed by atoms with E-state index in [1.165, 1.54) is 11.1 Å². The van der Waals surface area contributed by atoms with Crippen LogP contribution in [-0.4, -0.2) is 11.7 Å². The first-order chi connectivity index (χ1) is 21.1. The number of carbonyl (C=O) groups is 2. The van der Waals surface area contributed by atoms with Crippen molar-refractivity contribution >= 4 is 28.8 Å². The van der Waals surface area contributed by atoms with Gasteiger partial charge in [-0.1, -0.05) is 93.6 Å². The van der Waals surface area contributed by atoms with Crippen LogP contribution in [0.2, 0.25) is 0 Å². The summed E-state index contributed by atoms with van der Waals surface area (Å²) in [5.41, 5.74) is 10.5. The Bertz CT molecular complexity index is 1850. The zero-order valence-electron chi connectivity index (χ0n) is 26.2. The molecule has 1 amide bonds. The van der Waals surface area contributed by atoms with Gasteiger partial charge in [-0.25, -0.2) is 0 Å². The molecule has 4 aromatic carbocycles. The van der Waals surface area contributed by atoms with Gasteiger partial charge in [0.1, 0.15) is 0 Å². The SMILES string of the molecule is Cc1cc2c(cc1C)NC1(C(=O)N(Cc3ccccc3)c3c(Cc4ccc(C(C)(C)C)cc4)cccc31)C1=C(CCC1=O)N2. The number of aryl methyl sites for hydroxylation is 2. The number of nitrogens with zero attached hydrogens (tertiary/aromatic N) is 1. The van der Waals surface area contributed by atoms with Crippen molar-refractivity contribution in [2.24, 2.45) is 0 Å². The van der Waals surface area contributed by atoms with E-state index in [0.717, 1.165) is 50.6 Å². The Labute approximate surface area is 260 Å². The van der Waals surface area contributed by atoms with Gasteiger partial charge in [0, 0.05) is 17.7 Å². The van der Waals surface area contributed by atoms with Crippen LogP contribution in [0.4, 0.5) is 17.1 Å². The Morgan fingerprint density at radius 3 is 2.20 bits per heavy atom. The van der Waals surface area contributed by atoms with Crippen molar-refractivity contribution in [1.29, 1.82) is 0 Å². The van der Waals surface area contributed by atoms with Crippen LogP contribution in [0.25, 0.3) is 0 Å². The summed E-state index contributed by atoms with van der Waals surface area (Å²) >= 11 is 0. The highest BCUT2D eigenvalue weighted by Crippen LogP contribution is 2.54. The quantitative estimate of drug-likeness (QED) is 0.256. The van der Waals surface area contributed by atoms with Gasteiger partial charge in [-0.05, 0) is 77.6 Å². The van der Waals surface area contributed by atoms with E-state index in [2.05, 4.69) is 99.8 Å². The maximum absolute atomic E-state index is 15.2. The standard InChI is InChI=1S/C39H39N3O2/c1-24-20-32-33(21-25(24)2)41-39(35-31(40-32)18-19-34(35)43)30-13-9-12-28(22-26-14-16-29(17-15-26)38(3,4)5)36(30)42(37(39)44)23-27-10-7-6-8-11-27/h6-17,20-21,40-41H,18-19,22-23H2,1-5H3. The average Bonchev–Trinajstić information content (AvgIpc) is 3.41. The Hall–Kier alpha value is -4.64. The summed E-state index contributed by atoms with van der Waals surface area (Å²) in [6.07, 6.45) is 1.66. The van der Waals surface area contributed by atoms with Crippen LogP contribution in [-0.2, 0) is 33.5 Å². The number of amides is 1. The van der Waals surface area contributed by atoms with Crippen molar-refractivity contribution in [3.8, 4) is 0 Å². The van der Waals surface area contributed by atoms with Crippen LogP contribution in [0.5, 0.6) is 0 Å². The van der Waals surface area contributed by atoms with Crippen LogP contribution in [0.3, 0.4) is 0 Å². The number of rotatable bonds is 4. The summed E-state index contributed by atoms with van der Waals surface area (Å²) in [6.45, 7) is 11.3. The predicted molar refractivity (Wildman–Crippen MR) is 178 cm³/mol. The molecule has 1 spiro atoms. The van der Waals surface area contributed by atoms with E-state index in [-0.39, 0.29) is 17.1 Å². The van der Waals surface area contributed by atoms with Gasteiger partial charge in [-0.2, -0.15) is 0 Å². The Morgan fingerprint density at radius 2 is 1.50 bits per heavy atom. The average molecular weight is 582 g/mol. The van der Waals surface area contributed by atoms with Crippen molar-refractivity contribution in [2.75, 3.05) is 15.5 Å². The first-order valence-corrected chi connectivity index (χ1v) is 15.6. The number of benzene rings is 4. The van der Waals surface area contributed by atoms with Crippen molar-refractivity contribution in [1.82, 2.24) is 0 Å². The zero-order chi connectivity index (χ0) is 30.8. The fourth-order valence-electron chi connectivity index (χ4n) is 7.06. The van der Waals surface area contributed by atoms with Gasteiger partial charge in [0.15, 0.2) is 11.3 Å². The summed E-state index contributed by atoms with van der Waals surface area (Å²) in [6, 6.07) is 29.4. The molecule has 1 unspecified atom stereocenters. The molecule has 7 rings (SSSR count). The molecule has 5 nitrogen and oxygen atoms in total. The lowest BCUT2D eigenvalue weighted by Gasteiger charge is -2.31. The molecule has 5 heteroatoms. The van der Waals surface area contributed by atoms with Gasteiger partial charge < -0.3 is 15.5 Å². The minimum absolute atomic E-state index is 0.0188. The highest BCUT2D eigenvalue weighted by molar-refractivity contribution is 6.20. The van der Waals surface area contributed by atoms with E-state index in [0.29, 0.717) is 31.4 Å². The van der Waals surface area contributed by atoms with E-state index >= 15 is 4.79 Å². The van der Waals surface area contributed by atoms with E-state index in [1.54, 1.807) is 0 Å². The molecule has 0 aromatic heterocycles. The van der Waals surface area contributed by atoms with Gasteiger partial charge in [-0.3, -0.25) is 9.59 Å². The largest absolute Gasteiger partial charge is 0.362 e. The monoisotopic (exact) mass is 581 g/mol. The number of hydrogen-bond donors (Lipinski definition) is 2. The fourth-order valence-corrected chi connectivity index (χ4v) is 7.06. The summed E-state index contributed by atoms with van der Waals surface area (Å²) in [7, 11) is 0. The smallest absolute Gasteiger partial charge is 0.262 e. The maximum atomic E-state index is 15.2. The highest BCUT2D eigenvalue weighted by Gasteiger charge is 2.58. The molecule has 3 aliphatic rings. The molecule has 222 valence electrons. The van der Waals surface area contributed by atoms with Gasteiger partial charge >= 0.3 is 0 Å². The van der Waals surface area contributed by atoms with Gasteiger partial charge in [0.2, 0.25) is 0 Å². The molecule has 0 fully saturated rings. The number of para-hydroxylation sites is 1. The normalized spacial score (nSPS) is 19.0. The lowest BCUT2D eigenvalue weighted by molar-refractivity contribution is -0.123. The number of anilines is 3. The maximum Gasteiger partial charge on any atom is 0.262 e. The molecule has 0 bridgehead atoms. The predicted octanol–water partition coefficient (Wildman–Crippen LogP) is 8.09. The second-order valence-corrected chi connectivity index (χ2v) is 13.6. The van der Waals surface area contributed by atoms with Crippen LogP contribution in [0.1, 0.15) is 72.6 Å². The third kappa shape index (κ3) is 4.45. The van der Waals surface area contributed by atoms with Crippen LogP contribution >= 0.6 is 0 Å². The molecular weight excluding hydrogens is 542 g/mol. The van der Waals surface area contributed by atoms with Gasteiger partial charge in [-0.15, -0.1) is 0 Å². The molecule has 0 saturated heterocycles. The van der Waals surface area contributed by atoms with Crippen LogP contribution < -0.4 is 15.5 Å². The Morgan fingerprint density at radius 1 is 0.795 bits per heavy atom. The molecule has 1 atom stereocenters. The van der Waals surface area contributed by atoms with Crippen molar-refractivity contribution in [2.45, 2.75) is 71.4 Å². The summed E-state index contributed by atoms with van der Waals surface area (Å²) in [4.78, 5) is 30.9. The number of nitrogens with one attached hydrogen (secondary N) is 2. The third-order valence-electron chi connectivity index (χ3n) is 9.56. The first-order valence-electron chi connectivity index (χ1n) is 15.6.